The highest BCUT2D eigenvalue weighted by Gasteiger charge is 2.22. The van der Waals surface area contributed by atoms with Crippen LogP contribution in [0.5, 0.6) is 0 Å². The number of hydrogen-bond donors (Lipinski definition) is 4. The van der Waals surface area contributed by atoms with E-state index in [1.807, 2.05) is 42.5 Å². The van der Waals surface area contributed by atoms with E-state index in [4.69, 9.17) is 19.3 Å². The van der Waals surface area contributed by atoms with Crippen LogP contribution < -0.4 is 0 Å². The summed E-state index contributed by atoms with van der Waals surface area (Å²) in [5, 5.41) is 19.9. The van der Waals surface area contributed by atoms with Crippen molar-refractivity contribution < 1.29 is 48.2 Å². The molecule has 0 heterocycles. The number of aliphatic hydroxyl groups is 2. The topological polar surface area (TPSA) is 160 Å². The van der Waals surface area contributed by atoms with Crippen LogP contribution in [0, 0.1) is 0 Å². The van der Waals surface area contributed by atoms with E-state index in [2.05, 4.69) is 42.7 Å². The molecule has 0 bridgehead atoms. The van der Waals surface area contributed by atoms with Crippen molar-refractivity contribution in [3.63, 3.8) is 0 Å². The molecule has 0 aromatic heterocycles. The van der Waals surface area contributed by atoms with Gasteiger partial charge in [0.25, 0.3) is 0 Å². The second kappa shape index (κ2) is 36.8. The van der Waals surface area contributed by atoms with E-state index in [-0.39, 0.29) is 19.4 Å². The molecule has 0 amide bonds. The lowest BCUT2D eigenvalue weighted by Gasteiger charge is -2.18. The molecule has 10 nitrogen and oxygen atoms in total. The Morgan fingerprint density at radius 3 is 1.87 bits per heavy atom. The largest absolute Gasteiger partial charge is 0.469 e. The fourth-order valence-electron chi connectivity index (χ4n) is 4.81. The Bertz CT molecular complexity index is 1220. The Morgan fingerprint density at radius 2 is 1.20 bits per heavy atom. The van der Waals surface area contributed by atoms with Crippen LogP contribution in [-0.2, 0) is 28.2 Å². The highest BCUT2D eigenvalue weighted by Crippen LogP contribution is 2.36. The van der Waals surface area contributed by atoms with E-state index < -0.39 is 44.7 Å². The maximum absolute atomic E-state index is 12.4. The number of hydrogen-bond acceptors (Lipinski definition) is 8. The van der Waals surface area contributed by atoms with Crippen LogP contribution >= 0.6 is 7.82 Å². The van der Waals surface area contributed by atoms with Gasteiger partial charge in [0.1, 0.15) is 6.61 Å². The van der Waals surface area contributed by atoms with Crippen molar-refractivity contribution in [1.29, 1.82) is 0 Å². The van der Waals surface area contributed by atoms with Crippen molar-refractivity contribution in [1.82, 2.24) is 0 Å². The first kappa shape index (κ1) is 50.9. The lowest BCUT2D eigenvalue weighted by Crippen LogP contribution is -2.29. The average molecular weight is 777 g/mol. The lowest BCUT2D eigenvalue weighted by atomic mass is 10.1. The second-order valence-corrected chi connectivity index (χ2v) is 14.2. The van der Waals surface area contributed by atoms with Gasteiger partial charge in [0.2, 0.25) is 0 Å². The Hall–Kier alpha value is -3.11. The van der Waals surface area contributed by atoms with Crippen LogP contribution in [0.2, 0.25) is 0 Å². The third-order valence-electron chi connectivity index (χ3n) is 7.79. The van der Waals surface area contributed by atoms with E-state index in [1.54, 1.807) is 30.4 Å². The zero-order valence-electron chi connectivity index (χ0n) is 32.8. The molecule has 0 aliphatic heterocycles. The van der Waals surface area contributed by atoms with E-state index in [9.17, 15) is 24.4 Å². The lowest BCUT2D eigenvalue weighted by molar-refractivity contribution is -0.161. The van der Waals surface area contributed by atoms with Crippen molar-refractivity contribution in [2.45, 2.75) is 148 Å². The molecule has 0 spiro atoms. The molecule has 3 atom stereocenters. The number of esters is 2. The van der Waals surface area contributed by atoms with Crippen LogP contribution in [0.25, 0.3) is 0 Å². The molecule has 0 aromatic carbocycles. The van der Waals surface area contributed by atoms with Crippen molar-refractivity contribution in [2.24, 2.45) is 0 Å². The van der Waals surface area contributed by atoms with Gasteiger partial charge >= 0.3 is 19.8 Å². The molecular formula is C43H69O10P. The molecule has 11 heteroatoms. The standard InChI is InChI=1S/C43H69O10P/c1-3-5-7-8-9-10-11-12-13-14-15-16-20-23-29-36-43(47)53-41(38-52-54(48,49)50)37-51-42(46)35-30-24-28-34-40(45)33-27-22-19-17-18-21-26-32-39(44)31-25-6-4-2/h6,10-13,18-19,21-22,25-28,32-34,39-41,44-45H,3-5,7-9,14-17,20,23-24,29-31,35-38H2,1-2H3,(H2,48,49,50)/b11-10-,13-12-,21-18-,22-19-,25-6-,32-26+,33-27+,34-28-/t39-,40-,41-/m1/s1. The number of phosphoric ester groups is 1. The van der Waals surface area contributed by atoms with Crippen LogP contribution in [0.3, 0.4) is 0 Å². The predicted octanol–water partition coefficient (Wildman–Crippen LogP) is 9.78. The summed E-state index contributed by atoms with van der Waals surface area (Å²) in [6, 6.07) is 0. The monoisotopic (exact) mass is 776 g/mol. The molecule has 0 radical (unpaired) electrons. The van der Waals surface area contributed by atoms with Crippen molar-refractivity contribution in [2.75, 3.05) is 13.2 Å². The number of carbonyl (C=O) groups is 2. The fourth-order valence-corrected chi connectivity index (χ4v) is 5.17. The van der Waals surface area contributed by atoms with Gasteiger partial charge < -0.3 is 29.5 Å². The summed E-state index contributed by atoms with van der Waals surface area (Å²) in [6.45, 7) is 3.28. The van der Waals surface area contributed by atoms with E-state index >= 15 is 0 Å². The van der Waals surface area contributed by atoms with Gasteiger partial charge in [-0.1, -0.05) is 150 Å². The summed E-state index contributed by atoms with van der Waals surface area (Å²) in [5.41, 5.74) is 0. The minimum atomic E-state index is -4.81. The Morgan fingerprint density at radius 1 is 0.611 bits per heavy atom. The van der Waals surface area contributed by atoms with Gasteiger partial charge in [0, 0.05) is 12.8 Å². The zero-order valence-corrected chi connectivity index (χ0v) is 33.7. The fraction of sp³-hybridized carbons (Fsp3) is 0.581. The summed E-state index contributed by atoms with van der Waals surface area (Å²) in [5.74, 6) is -1.10. The highest BCUT2D eigenvalue weighted by atomic mass is 31.2. The Labute approximate surface area is 325 Å². The maximum Gasteiger partial charge on any atom is 0.469 e. The maximum atomic E-state index is 12.4. The van der Waals surface area contributed by atoms with Gasteiger partial charge in [-0.15, -0.1) is 0 Å². The van der Waals surface area contributed by atoms with Gasteiger partial charge in [-0.25, -0.2) is 4.57 Å². The number of unbranched alkanes of at least 4 members (excludes halogenated alkanes) is 10. The van der Waals surface area contributed by atoms with Crippen molar-refractivity contribution in [3.05, 3.63) is 97.2 Å². The smallest absolute Gasteiger partial charge is 0.462 e. The van der Waals surface area contributed by atoms with Gasteiger partial charge in [0.15, 0.2) is 6.10 Å². The van der Waals surface area contributed by atoms with Crippen molar-refractivity contribution in [3.8, 4) is 0 Å². The first-order valence-electron chi connectivity index (χ1n) is 19.8. The number of allylic oxidation sites excluding steroid dienone is 12. The van der Waals surface area contributed by atoms with Crippen LogP contribution in [0.15, 0.2) is 97.2 Å². The molecule has 4 N–H and O–H groups in total. The van der Waals surface area contributed by atoms with Crippen LogP contribution in [0.4, 0.5) is 0 Å². The Kier molecular flexibility index (Phi) is 34.7. The third kappa shape index (κ3) is 38.6. The SMILES string of the molecule is CC/C=C\C[C@@H](O)/C=C/C=C\C/C=C\C=C\[C@@H](O)/C=C\CCCC(=O)OC[C@H](COP(=O)(O)O)OC(=O)CCCCCCC/C=C\C=C/CCCCCC. The summed E-state index contributed by atoms with van der Waals surface area (Å²) in [6.07, 6.45) is 43.4. The summed E-state index contributed by atoms with van der Waals surface area (Å²) < 4.78 is 26.2. The molecule has 54 heavy (non-hydrogen) atoms. The highest BCUT2D eigenvalue weighted by molar-refractivity contribution is 7.46. The van der Waals surface area contributed by atoms with Crippen LogP contribution in [0.1, 0.15) is 129 Å². The van der Waals surface area contributed by atoms with Gasteiger partial charge in [0.05, 0.1) is 18.8 Å². The predicted molar refractivity (Wildman–Crippen MR) is 218 cm³/mol. The minimum Gasteiger partial charge on any atom is -0.462 e. The summed E-state index contributed by atoms with van der Waals surface area (Å²) in [4.78, 5) is 42.8. The molecule has 0 saturated carbocycles. The molecule has 0 saturated heterocycles. The molecule has 0 aliphatic rings. The first-order chi connectivity index (χ1) is 26.1. The molecule has 0 rings (SSSR count). The van der Waals surface area contributed by atoms with Crippen LogP contribution in [-0.4, -0.2) is 63.5 Å². The molecule has 0 unspecified atom stereocenters. The van der Waals surface area contributed by atoms with E-state index in [1.165, 1.54) is 25.7 Å². The molecule has 0 aliphatic carbocycles. The number of carbonyl (C=O) groups excluding carboxylic acids is 2. The molecular weight excluding hydrogens is 707 g/mol. The zero-order chi connectivity index (χ0) is 40.0. The number of phosphoric acid groups is 1. The molecule has 0 aromatic rings. The van der Waals surface area contributed by atoms with E-state index in [0.717, 1.165) is 44.9 Å². The number of aliphatic hydroxyl groups excluding tert-OH is 2. The number of ether oxygens (including phenoxy) is 2. The van der Waals surface area contributed by atoms with Gasteiger partial charge in [-0.2, -0.15) is 0 Å². The number of rotatable bonds is 34. The molecule has 0 fully saturated rings. The van der Waals surface area contributed by atoms with E-state index in [0.29, 0.717) is 32.1 Å². The minimum absolute atomic E-state index is 0.0716. The quantitative estimate of drug-likeness (QED) is 0.0163. The third-order valence-corrected chi connectivity index (χ3v) is 8.27. The van der Waals surface area contributed by atoms with Gasteiger partial charge in [-0.3, -0.25) is 14.1 Å². The summed E-state index contributed by atoms with van der Waals surface area (Å²) >= 11 is 0. The Balaban J connectivity index is 4.27. The van der Waals surface area contributed by atoms with Gasteiger partial charge in [-0.05, 0) is 64.2 Å². The first-order valence-corrected chi connectivity index (χ1v) is 21.3. The summed E-state index contributed by atoms with van der Waals surface area (Å²) in [7, 11) is -4.81. The van der Waals surface area contributed by atoms with Crippen molar-refractivity contribution >= 4 is 19.8 Å². The second-order valence-electron chi connectivity index (χ2n) is 12.9. The normalized spacial score (nSPS) is 14.7. The molecule has 306 valence electrons. The average Bonchev–Trinajstić information content (AvgIpc) is 3.13.